The van der Waals surface area contributed by atoms with E-state index in [1.807, 2.05) is 6.08 Å². The molecule has 2 atom stereocenters. The molecular formula is C81H159NO5. The summed E-state index contributed by atoms with van der Waals surface area (Å²) in [5, 5.41) is 23.3. The number of carbonyl (C=O) groups excluding carboxylic acids is 2. The van der Waals surface area contributed by atoms with E-state index in [4.69, 9.17) is 4.74 Å². The smallest absolute Gasteiger partial charge is 0.305 e. The first-order chi connectivity index (χ1) is 43.0. The first kappa shape index (κ1) is 85.6. The Morgan fingerprint density at radius 3 is 0.782 bits per heavy atom. The van der Waals surface area contributed by atoms with Crippen LogP contribution in [0.4, 0.5) is 0 Å². The van der Waals surface area contributed by atoms with Crippen LogP contribution < -0.4 is 5.32 Å². The molecule has 0 aliphatic heterocycles. The Morgan fingerprint density at radius 1 is 0.310 bits per heavy atom. The van der Waals surface area contributed by atoms with Crippen LogP contribution in [0.25, 0.3) is 0 Å². The third kappa shape index (κ3) is 73.5. The summed E-state index contributed by atoms with van der Waals surface area (Å²) < 4.78 is 5.50. The van der Waals surface area contributed by atoms with Crippen LogP contribution in [-0.2, 0) is 14.3 Å². The fraction of sp³-hybridized carbons (Fsp3) is 0.951. The zero-order chi connectivity index (χ0) is 62.8. The lowest BCUT2D eigenvalue weighted by molar-refractivity contribution is -0.143. The van der Waals surface area contributed by atoms with Crippen LogP contribution in [-0.4, -0.2) is 47.4 Å². The van der Waals surface area contributed by atoms with Gasteiger partial charge in [-0.1, -0.05) is 437 Å². The summed E-state index contributed by atoms with van der Waals surface area (Å²) in [6.07, 6.45) is 97.8. The molecule has 0 bridgehead atoms. The number of ether oxygens (including phenoxy) is 1. The lowest BCUT2D eigenvalue weighted by atomic mass is 10.0. The number of aliphatic hydroxyl groups is 2. The van der Waals surface area contributed by atoms with Crippen molar-refractivity contribution in [3.05, 3.63) is 12.2 Å². The zero-order valence-corrected chi connectivity index (χ0v) is 59.5. The van der Waals surface area contributed by atoms with E-state index in [2.05, 4.69) is 19.2 Å². The van der Waals surface area contributed by atoms with Gasteiger partial charge in [0, 0.05) is 12.8 Å². The molecule has 0 rings (SSSR count). The summed E-state index contributed by atoms with van der Waals surface area (Å²) in [5.41, 5.74) is 0. The van der Waals surface area contributed by atoms with Gasteiger partial charge in [-0.15, -0.1) is 0 Å². The molecule has 6 nitrogen and oxygen atoms in total. The van der Waals surface area contributed by atoms with E-state index in [0.29, 0.717) is 19.4 Å². The second kappa shape index (κ2) is 77.1. The molecule has 0 saturated carbocycles. The molecule has 518 valence electrons. The molecule has 0 spiro atoms. The van der Waals surface area contributed by atoms with Crippen LogP contribution in [0.3, 0.4) is 0 Å². The molecule has 1 amide bonds. The highest BCUT2D eigenvalue weighted by Gasteiger charge is 2.18. The molecule has 2 unspecified atom stereocenters. The van der Waals surface area contributed by atoms with Crippen molar-refractivity contribution in [3.63, 3.8) is 0 Å². The van der Waals surface area contributed by atoms with Crippen LogP contribution in [0, 0.1) is 0 Å². The van der Waals surface area contributed by atoms with E-state index >= 15 is 0 Å². The standard InChI is InChI=1S/C81H159NO5/c1-3-5-7-9-11-13-15-17-18-19-20-21-37-40-43-46-50-53-57-61-65-69-73-79(84)78(77-83)82-80(85)74-70-66-62-58-54-51-47-44-41-38-35-33-31-29-27-25-23-22-24-26-28-30-32-34-36-39-42-45-48-52-56-60-64-68-72-76-87-81(86)75-71-67-63-59-55-49-16-14-12-10-8-6-4-2/h69,73,78-79,83-84H,3-68,70-72,74-77H2,1-2H3,(H,82,85)/b73-69+. The number of aliphatic hydroxyl groups excluding tert-OH is 2. The fourth-order valence-corrected chi connectivity index (χ4v) is 13.2. The van der Waals surface area contributed by atoms with Crippen LogP contribution in [0.1, 0.15) is 470 Å². The molecule has 0 aromatic carbocycles. The molecule has 0 aromatic rings. The Morgan fingerprint density at radius 2 is 0.529 bits per heavy atom. The zero-order valence-electron chi connectivity index (χ0n) is 59.5. The van der Waals surface area contributed by atoms with Crippen molar-refractivity contribution in [1.82, 2.24) is 5.32 Å². The third-order valence-electron chi connectivity index (χ3n) is 19.3. The number of esters is 1. The minimum Gasteiger partial charge on any atom is -0.466 e. The lowest BCUT2D eigenvalue weighted by Crippen LogP contribution is -2.45. The van der Waals surface area contributed by atoms with Crippen molar-refractivity contribution < 1.29 is 24.5 Å². The Kier molecular flexibility index (Phi) is 75.8. The highest BCUT2D eigenvalue weighted by molar-refractivity contribution is 5.76. The van der Waals surface area contributed by atoms with Crippen molar-refractivity contribution in [2.24, 2.45) is 0 Å². The number of nitrogens with one attached hydrogen (secondary N) is 1. The second-order valence-corrected chi connectivity index (χ2v) is 28.1. The van der Waals surface area contributed by atoms with E-state index < -0.39 is 12.1 Å². The molecule has 87 heavy (non-hydrogen) atoms. The SMILES string of the molecule is CCCCCCCCCCCCCCCCCCCCCC/C=C/C(O)C(CO)NC(=O)CCCCCCCCCCCCCCCCCCCCCCCCCCCCCCCCCCCCCOC(=O)CCCCCCCCCCCCCCC. The summed E-state index contributed by atoms with van der Waals surface area (Å²) in [6.45, 7) is 4.97. The Hall–Kier alpha value is -1.40. The summed E-state index contributed by atoms with van der Waals surface area (Å²) in [7, 11) is 0. The van der Waals surface area contributed by atoms with Crippen molar-refractivity contribution in [2.75, 3.05) is 13.2 Å². The van der Waals surface area contributed by atoms with Gasteiger partial charge < -0.3 is 20.3 Å². The van der Waals surface area contributed by atoms with Gasteiger partial charge in [0.05, 0.1) is 25.4 Å². The van der Waals surface area contributed by atoms with Crippen LogP contribution in [0.2, 0.25) is 0 Å². The maximum absolute atomic E-state index is 12.5. The normalized spacial score (nSPS) is 12.5. The maximum atomic E-state index is 12.5. The highest BCUT2D eigenvalue weighted by atomic mass is 16.5. The van der Waals surface area contributed by atoms with Crippen molar-refractivity contribution >= 4 is 11.9 Å². The average Bonchev–Trinajstić information content (AvgIpc) is 3.57. The van der Waals surface area contributed by atoms with E-state index in [9.17, 15) is 19.8 Å². The average molecular weight is 1230 g/mol. The number of amides is 1. The van der Waals surface area contributed by atoms with E-state index in [0.717, 1.165) is 38.5 Å². The summed E-state index contributed by atoms with van der Waals surface area (Å²) in [6, 6.07) is -0.624. The quantitative estimate of drug-likeness (QED) is 0.0320. The third-order valence-corrected chi connectivity index (χ3v) is 19.3. The minimum absolute atomic E-state index is 0.0251. The van der Waals surface area contributed by atoms with Gasteiger partial charge in [-0.2, -0.15) is 0 Å². The number of hydrogen-bond donors (Lipinski definition) is 3. The van der Waals surface area contributed by atoms with Gasteiger partial charge in [-0.25, -0.2) is 0 Å². The molecule has 0 aromatic heterocycles. The van der Waals surface area contributed by atoms with Gasteiger partial charge in [-0.05, 0) is 32.1 Å². The van der Waals surface area contributed by atoms with Crippen LogP contribution in [0.5, 0.6) is 0 Å². The molecule has 0 fully saturated rings. The molecule has 0 aliphatic rings. The Bertz CT molecular complexity index is 1320. The summed E-state index contributed by atoms with van der Waals surface area (Å²) in [5.74, 6) is -0.0320. The van der Waals surface area contributed by atoms with Gasteiger partial charge in [0.25, 0.3) is 0 Å². The minimum atomic E-state index is -0.841. The molecule has 3 N–H and O–H groups in total. The van der Waals surface area contributed by atoms with Crippen molar-refractivity contribution in [1.29, 1.82) is 0 Å². The van der Waals surface area contributed by atoms with Crippen LogP contribution in [0.15, 0.2) is 12.2 Å². The fourth-order valence-electron chi connectivity index (χ4n) is 13.2. The summed E-state index contributed by atoms with van der Waals surface area (Å²) in [4.78, 5) is 24.6. The molecule has 6 heteroatoms. The largest absolute Gasteiger partial charge is 0.466 e. The van der Waals surface area contributed by atoms with Crippen molar-refractivity contribution in [3.8, 4) is 0 Å². The Labute approximate surface area is 546 Å². The Balaban J connectivity index is 3.33. The molecule has 0 radical (unpaired) electrons. The number of carbonyl (C=O) groups is 2. The first-order valence-electron chi connectivity index (χ1n) is 40.5. The van der Waals surface area contributed by atoms with Gasteiger partial charge >= 0.3 is 5.97 Å². The van der Waals surface area contributed by atoms with Gasteiger partial charge in [0.15, 0.2) is 0 Å². The molecule has 0 saturated heterocycles. The monoisotopic (exact) mass is 1230 g/mol. The highest BCUT2D eigenvalue weighted by Crippen LogP contribution is 2.20. The number of unbranched alkanes of at least 4 members (excludes halogenated alkanes) is 66. The van der Waals surface area contributed by atoms with E-state index in [1.165, 1.54) is 405 Å². The van der Waals surface area contributed by atoms with Crippen LogP contribution >= 0.6 is 0 Å². The van der Waals surface area contributed by atoms with Gasteiger partial charge in [-0.3, -0.25) is 9.59 Å². The van der Waals surface area contributed by atoms with Gasteiger partial charge in [0.2, 0.25) is 5.91 Å². The molecular weight excluding hydrogens is 1070 g/mol. The molecule has 0 aliphatic carbocycles. The predicted molar refractivity (Wildman–Crippen MR) is 384 cm³/mol. The predicted octanol–water partition coefficient (Wildman–Crippen LogP) is 26.7. The van der Waals surface area contributed by atoms with E-state index in [1.54, 1.807) is 6.08 Å². The number of rotatable bonds is 77. The van der Waals surface area contributed by atoms with Crippen molar-refractivity contribution in [2.45, 2.75) is 482 Å². The topological polar surface area (TPSA) is 95.9 Å². The van der Waals surface area contributed by atoms with E-state index in [-0.39, 0.29) is 18.5 Å². The maximum Gasteiger partial charge on any atom is 0.305 e. The number of hydrogen-bond acceptors (Lipinski definition) is 5. The molecule has 0 heterocycles. The van der Waals surface area contributed by atoms with Gasteiger partial charge in [0.1, 0.15) is 0 Å². The summed E-state index contributed by atoms with van der Waals surface area (Å²) >= 11 is 0. The number of allylic oxidation sites excluding steroid dienone is 1. The first-order valence-corrected chi connectivity index (χ1v) is 40.5. The lowest BCUT2D eigenvalue weighted by Gasteiger charge is -2.20. The second-order valence-electron chi connectivity index (χ2n) is 28.1.